The van der Waals surface area contributed by atoms with Gasteiger partial charge in [0.1, 0.15) is 5.41 Å². The maximum absolute atomic E-state index is 14.3. The van der Waals surface area contributed by atoms with Crippen molar-refractivity contribution in [1.82, 2.24) is 9.80 Å². The summed E-state index contributed by atoms with van der Waals surface area (Å²) in [5.74, 6) is 0.201. The molecule has 0 saturated carbocycles. The van der Waals surface area contributed by atoms with E-state index in [9.17, 15) is 4.79 Å². The van der Waals surface area contributed by atoms with E-state index in [1.54, 1.807) is 0 Å². The van der Waals surface area contributed by atoms with Gasteiger partial charge in [0.2, 0.25) is 5.91 Å². The molecule has 3 nitrogen and oxygen atoms in total. The van der Waals surface area contributed by atoms with E-state index in [4.69, 9.17) is 0 Å². The van der Waals surface area contributed by atoms with E-state index in [1.807, 2.05) is 36.4 Å². The van der Waals surface area contributed by atoms with E-state index in [2.05, 4.69) is 75.6 Å². The number of benzene rings is 2. The smallest absolute Gasteiger partial charge is 0.238 e. The van der Waals surface area contributed by atoms with Gasteiger partial charge in [0.15, 0.2) is 0 Å². The highest BCUT2D eigenvalue weighted by Gasteiger charge is 2.45. The van der Waals surface area contributed by atoms with Gasteiger partial charge in [-0.3, -0.25) is 4.79 Å². The van der Waals surface area contributed by atoms with Crippen LogP contribution in [0.25, 0.3) is 0 Å². The predicted molar refractivity (Wildman–Crippen MR) is 123 cm³/mol. The van der Waals surface area contributed by atoms with Crippen LogP contribution >= 0.6 is 0 Å². The van der Waals surface area contributed by atoms with Crippen LogP contribution in [0.3, 0.4) is 0 Å². The van der Waals surface area contributed by atoms with Gasteiger partial charge >= 0.3 is 0 Å². The van der Waals surface area contributed by atoms with E-state index in [0.29, 0.717) is 0 Å². The maximum Gasteiger partial charge on any atom is 0.238 e. The standard InChI is InChI=1S/C26H38N2O/c1-7-27(8-2)20-19-26(23-15-11-9-12-16-23,24-17-13-10-14-18-24)25(29)28(21(3)4)22(5)6/h9-18,21-22H,7-8,19-20H2,1-6H3. The average Bonchev–Trinajstić information content (AvgIpc) is 2.72. The Morgan fingerprint density at radius 2 is 1.21 bits per heavy atom. The molecule has 0 heterocycles. The lowest BCUT2D eigenvalue weighted by Crippen LogP contribution is -2.54. The molecule has 158 valence electrons. The molecular weight excluding hydrogens is 356 g/mol. The normalized spacial score (nSPS) is 12.0. The molecule has 0 spiro atoms. The molecule has 0 radical (unpaired) electrons. The first-order chi connectivity index (χ1) is 13.9. The molecule has 2 rings (SSSR count). The quantitative estimate of drug-likeness (QED) is 0.542. The third-order valence-electron chi connectivity index (χ3n) is 5.94. The van der Waals surface area contributed by atoms with Crippen LogP contribution in [0, 0.1) is 0 Å². The Kier molecular flexibility index (Phi) is 8.45. The zero-order chi connectivity index (χ0) is 21.4. The van der Waals surface area contributed by atoms with Crippen molar-refractivity contribution in [2.45, 2.75) is 65.5 Å². The summed E-state index contributed by atoms with van der Waals surface area (Å²) in [4.78, 5) is 18.8. The van der Waals surface area contributed by atoms with Crippen molar-refractivity contribution in [3.8, 4) is 0 Å². The minimum absolute atomic E-state index is 0.141. The first-order valence-corrected chi connectivity index (χ1v) is 11.0. The second-order valence-corrected chi connectivity index (χ2v) is 8.31. The number of rotatable bonds is 10. The third-order valence-corrected chi connectivity index (χ3v) is 5.94. The SMILES string of the molecule is CCN(CC)CCC(C(=O)N(C(C)C)C(C)C)(c1ccccc1)c1ccccc1. The number of amides is 1. The molecule has 0 aliphatic heterocycles. The fourth-order valence-electron chi connectivity index (χ4n) is 4.41. The Balaban J connectivity index is 2.70. The van der Waals surface area contributed by atoms with Crippen molar-refractivity contribution < 1.29 is 4.79 Å². The number of carbonyl (C=O) groups is 1. The number of hydrogen-bond acceptors (Lipinski definition) is 2. The lowest BCUT2D eigenvalue weighted by atomic mass is 9.70. The van der Waals surface area contributed by atoms with E-state index >= 15 is 0 Å². The highest BCUT2D eigenvalue weighted by Crippen LogP contribution is 2.39. The van der Waals surface area contributed by atoms with Crippen molar-refractivity contribution in [2.24, 2.45) is 0 Å². The summed E-state index contributed by atoms with van der Waals surface area (Å²) in [7, 11) is 0. The molecule has 0 aliphatic rings. The lowest BCUT2D eigenvalue weighted by molar-refractivity contribution is -0.140. The molecule has 0 aliphatic carbocycles. The fraction of sp³-hybridized carbons (Fsp3) is 0.500. The summed E-state index contributed by atoms with van der Waals surface area (Å²) in [5, 5.41) is 0. The van der Waals surface area contributed by atoms with Gasteiger partial charge in [-0.15, -0.1) is 0 Å². The minimum Gasteiger partial charge on any atom is -0.337 e. The predicted octanol–water partition coefficient (Wildman–Crippen LogP) is 5.35. The second-order valence-electron chi connectivity index (χ2n) is 8.31. The van der Waals surface area contributed by atoms with Crippen LogP contribution < -0.4 is 0 Å². The highest BCUT2D eigenvalue weighted by molar-refractivity contribution is 5.92. The summed E-state index contributed by atoms with van der Waals surface area (Å²) < 4.78 is 0. The van der Waals surface area contributed by atoms with E-state index in [0.717, 1.165) is 37.2 Å². The molecule has 0 unspecified atom stereocenters. The molecule has 1 amide bonds. The van der Waals surface area contributed by atoms with E-state index < -0.39 is 5.41 Å². The van der Waals surface area contributed by atoms with Crippen molar-refractivity contribution in [2.75, 3.05) is 19.6 Å². The van der Waals surface area contributed by atoms with Gasteiger partial charge in [-0.05, 0) is 64.9 Å². The van der Waals surface area contributed by atoms with Gasteiger partial charge in [-0.2, -0.15) is 0 Å². The molecule has 0 atom stereocenters. The Morgan fingerprint density at radius 1 is 0.793 bits per heavy atom. The lowest BCUT2D eigenvalue weighted by Gasteiger charge is -2.42. The van der Waals surface area contributed by atoms with Crippen LogP contribution in [-0.4, -0.2) is 47.4 Å². The van der Waals surface area contributed by atoms with Gasteiger partial charge in [0.05, 0.1) is 0 Å². The molecule has 0 aromatic heterocycles. The van der Waals surface area contributed by atoms with Crippen molar-refractivity contribution in [1.29, 1.82) is 0 Å². The minimum atomic E-state index is -0.695. The summed E-state index contributed by atoms with van der Waals surface area (Å²) in [6, 6.07) is 21.0. The zero-order valence-corrected chi connectivity index (χ0v) is 19.1. The van der Waals surface area contributed by atoms with E-state index in [1.165, 1.54) is 0 Å². The molecule has 2 aromatic carbocycles. The van der Waals surface area contributed by atoms with Crippen LogP contribution in [-0.2, 0) is 10.2 Å². The van der Waals surface area contributed by atoms with E-state index in [-0.39, 0.29) is 18.0 Å². The van der Waals surface area contributed by atoms with Crippen LogP contribution in [0.2, 0.25) is 0 Å². The van der Waals surface area contributed by atoms with Crippen molar-refractivity contribution >= 4 is 5.91 Å². The fourth-order valence-corrected chi connectivity index (χ4v) is 4.41. The number of carbonyl (C=O) groups excluding carboxylic acids is 1. The van der Waals surface area contributed by atoms with Crippen molar-refractivity contribution in [3.63, 3.8) is 0 Å². The number of hydrogen-bond donors (Lipinski definition) is 0. The summed E-state index contributed by atoms with van der Waals surface area (Å²) in [5.41, 5.74) is 1.46. The average molecular weight is 395 g/mol. The van der Waals surface area contributed by atoms with Crippen LogP contribution in [0.1, 0.15) is 59.1 Å². The van der Waals surface area contributed by atoms with Gasteiger partial charge in [0.25, 0.3) is 0 Å². The first-order valence-electron chi connectivity index (χ1n) is 11.0. The van der Waals surface area contributed by atoms with Crippen LogP contribution in [0.4, 0.5) is 0 Å². The Labute approximate surface area is 177 Å². The van der Waals surface area contributed by atoms with Gasteiger partial charge in [-0.1, -0.05) is 74.5 Å². The second kappa shape index (κ2) is 10.6. The summed E-state index contributed by atoms with van der Waals surface area (Å²) in [6.45, 7) is 15.7. The first kappa shape index (κ1) is 23.2. The molecule has 0 saturated heterocycles. The third kappa shape index (κ3) is 5.08. The zero-order valence-electron chi connectivity index (χ0n) is 19.1. The molecule has 0 N–H and O–H groups in total. The summed E-state index contributed by atoms with van der Waals surface area (Å²) >= 11 is 0. The largest absolute Gasteiger partial charge is 0.337 e. The molecule has 0 fully saturated rings. The van der Waals surface area contributed by atoms with Crippen LogP contribution in [0.15, 0.2) is 60.7 Å². The Bertz CT molecular complexity index is 688. The molecule has 29 heavy (non-hydrogen) atoms. The molecular formula is C26H38N2O. The van der Waals surface area contributed by atoms with Crippen LogP contribution in [0.5, 0.6) is 0 Å². The molecule has 3 heteroatoms. The van der Waals surface area contributed by atoms with Gasteiger partial charge < -0.3 is 9.80 Å². The summed E-state index contributed by atoms with van der Waals surface area (Å²) in [6.07, 6.45) is 0.761. The van der Waals surface area contributed by atoms with Crippen molar-refractivity contribution in [3.05, 3.63) is 71.8 Å². The topological polar surface area (TPSA) is 23.6 Å². The highest BCUT2D eigenvalue weighted by atomic mass is 16.2. The molecule has 2 aromatic rings. The Hall–Kier alpha value is -2.13. The number of nitrogens with zero attached hydrogens (tertiary/aromatic N) is 2. The van der Waals surface area contributed by atoms with Gasteiger partial charge in [-0.25, -0.2) is 0 Å². The Morgan fingerprint density at radius 3 is 1.55 bits per heavy atom. The monoisotopic (exact) mass is 394 g/mol. The molecule has 0 bridgehead atoms. The maximum atomic E-state index is 14.3. The van der Waals surface area contributed by atoms with Gasteiger partial charge in [0, 0.05) is 12.1 Å².